The first kappa shape index (κ1) is 19.3. The first-order chi connectivity index (χ1) is 14.4. The average molecular weight is 419 g/mol. The third-order valence-electron chi connectivity index (χ3n) is 6.40. The number of thiophene rings is 1. The van der Waals surface area contributed by atoms with Crippen molar-refractivity contribution in [2.75, 3.05) is 13.7 Å². The summed E-state index contributed by atoms with van der Waals surface area (Å²) in [4.78, 5) is 15.9. The van der Waals surface area contributed by atoms with E-state index in [0.29, 0.717) is 12.5 Å². The SMILES string of the molecule is COc1cc(C2CC2)c2[nH]c(=O)c3sccc3c2c1-c1ccc(C(C)(C)CN)cc1. The van der Waals surface area contributed by atoms with E-state index in [-0.39, 0.29) is 11.0 Å². The molecule has 3 N–H and O–H groups in total. The van der Waals surface area contributed by atoms with Crippen LogP contribution in [0, 0.1) is 0 Å². The molecule has 1 fully saturated rings. The Labute approximate surface area is 179 Å². The lowest BCUT2D eigenvalue weighted by atomic mass is 9.83. The van der Waals surface area contributed by atoms with Crippen LogP contribution in [0.25, 0.3) is 32.1 Å². The first-order valence-corrected chi connectivity index (χ1v) is 11.3. The molecule has 1 aliphatic carbocycles. The molecule has 1 aliphatic rings. The van der Waals surface area contributed by atoms with Crippen molar-refractivity contribution < 1.29 is 4.74 Å². The van der Waals surface area contributed by atoms with Crippen LogP contribution in [0.3, 0.4) is 0 Å². The molecule has 2 aromatic carbocycles. The molecule has 0 radical (unpaired) electrons. The van der Waals surface area contributed by atoms with Crippen molar-refractivity contribution in [1.82, 2.24) is 4.98 Å². The number of H-pyrrole nitrogens is 1. The lowest BCUT2D eigenvalue weighted by Gasteiger charge is -2.23. The molecule has 5 rings (SSSR count). The summed E-state index contributed by atoms with van der Waals surface area (Å²) in [5.41, 5.74) is 11.4. The Morgan fingerprint density at radius 2 is 1.93 bits per heavy atom. The summed E-state index contributed by atoms with van der Waals surface area (Å²) >= 11 is 1.49. The van der Waals surface area contributed by atoms with Crippen molar-refractivity contribution >= 4 is 32.3 Å². The Bertz CT molecular complexity index is 1310. The van der Waals surface area contributed by atoms with Crippen molar-refractivity contribution in [2.24, 2.45) is 5.73 Å². The zero-order chi connectivity index (χ0) is 21.0. The Morgan fingerprint density at radius 1 is 1.20 bits per heavy atom. The highest BCUT2D eigenvalue weighted by Gasteiger charge is 2.29. The van der Waals surface area contributed by atoms with E-state index in [2.05, 4.69) is 55.2 Å². The van der Waals surface area contributed by atoms with Gasteiger partial charge in [-0.1, -0.05) is 38.1 Å². The molecule has 30 heavy (non-hydrogen) atoms. The lowest BCUT2D eigenvalue weighted by Crippen LogP contribution is -2.27. The van der Waals surface area contributed by atoms with Crippen LogP contribution in [0.4, 0.5) is 0 Å². The number of nitrogens with one attached hydrogen (secondary N) is 1. The Kier molecular flexibility index (Phi) is 4.49. The van der Waals surface area contributed by atoms with E-state index in [1.807, 2.05) is 5.38 Å². The van der Waals surface area contributed by atoms with Gasteiger partial charge in [-0.15, -0.1) is 11.3 Å². The molecule has 0 aliphatic heterocycles. The number of aromatic nitrogens is 1. The maximum Gasteiger partial charge on any atom is 0.266 e. The molecule has 0 amide bonds. The van der Waals surface area contributed by atoms with Crippen LogP contribution in [-0.4, -0.2) is 18.6 Å². The molecule has 2 aromatic heterocycles. The minimum atomic E-state index is -0.0770. The fraction of sp³-hybridized carbons (Fsp3) is 0.320. The molecule has 0 saturated heterocycles. The van der Waals surface area contributed by atoms with E-state index in [1.165, 1.54) is 22.5 Å². The molecule has 0 atom stereocenters. The van der Waals surface area contributed by atoms with Crippen LogP contribution >= 0.6 is 11.3 Å². The van der Waals surface area contributed by atoms with Crippen molar-refractivity contribution in [1.29, 1.82) is 0 Å². The Balaban J connectivity index is 1.84. The zero-order valence-electron chi connectivity index (χ0n) is 17.5. The van der Waals surface area contributed by atoms with Crippen LogP contribution < -0.4 is 16.0 Å². The van der Waals surface area contributed by atoms with E-state index < -0.39 is 0 Å². The van der Waals surface area contributed by atoms with Gasteiger partial charge < -0.3 is 15.5 Å². The number of aromatic amines is 1. The van der Waals surface area contributed by atoms with E-state index in [0.717, 1.165) is 50.7 Å². The molecular formula is C25H26N2O2S. The van der Waals surface area contributed by atoms with Gasteiger partial charge >= 0.3 is 0 Å². The summed E-state index contributed by atoms with van der Waals surface area (Å²) in [6.45, 7) is 4.90. The average Bonchev–Trinajstić information content (AvgIpc) is 3.48. The number of ether oxygens (including phenoxy) is 1. The smallest absolute Gasteiger partial charge is 0.266 e. The summed E-state index contributed by atoms with van der Waals surface area (Å²) < 4.78 is 6.66. The van der Waals surface area contributed by atoms with E-state index in [1.54, 1.807) is 7.11 Å². The number of nitrogens with two attached hydrogens (primary N) is 1. The minimum Gasteiger partial charge on any atom is -0.496 e. The van der Waals surface area contributed by atoms with Gasteiger partial charge in [0, 0.05) is 28.3 Å². The first-order valence-electron chi connectivity index (χ1n) is 10.4. The molecule has 0 spiro atoms. The second kappa shape index (κ2) is 6.96. The molecule has 4 aromatic rings. The second-order valence-corrected chi connectivity index (χ2v) is 9.77. The molecule has 0 unspecified atom stereocenters. The van der Waals surface area contributed by atoms with E-state index >= 15 is 0 Å². The summed E-state index contributed by atoms with van der Waals surface area (Å²) in [7, 11) is 1.73. The highest BCUT2D eigenvalue weighted by molar-refractivity contribution is 7.17. The van der Waals surface area contributed by atoms with Gasteiger partial charge in [-0.05, 0) is 53.0 Å². The highest BCUT2D eigenvalue weighted by atomic mass is 32.1. The van der Waals surface area contributed by atoms with Gasteiger partial charge in [-0.2, -0.15) is 0 Å². The zero-order valence-corrected chi connectivity index (χ0v) is 18.4. The largest absolute Gasteiger partial charge is 0.496 e. The summed E-state index contributed by atoms with van der Waals surface area (Å²) in [5, 5.41) is 4.07. The minimum absolute atomic E-state index is 0.00874. The van der Waals surface area contributed by atoms with Gasteiger partial charge in [0.2, 0.25) is 0 Å². The number of fused-ring (bicyclic) bond motifs is 3. The van der Waals surface area contributed by atoms with Gasteiger partial charge in [0.1, 0.15) is 10.4 Å². The van der Waals surface area contributed by atoms with E-state index in [9.17, 15) is 4.79 Å². The number of hydrogen-bond acceptors (Lipinski definition) is 4. The fourth-order valence-corrected chi connectivity index (χ4v) is 5.10. The predicted molar refractivity (Wildman–Crippen MR) is 126 cm³/mol. The van der Waals surface area contributed by atoms with Crippen LogP contribution in [0.5, 0.6) is 5.75 Å². The van der Waals surface area contributed by atoms with Crippen LogP contribution in [0.1, 0.15) is 43.7 Å². The molecule has 2 heterocycles. The molecular weight excluding hydrogens is 392 g/mol. The van der Waals surface area contributed by atoms with Gasteiger partial charge in [0.05, 0.1) is 12.6 Å². The van der Waals surface area contributed by atoms with Gasteiger partial charge in [-0.3, -0.25) is 4.79 Å². The third-order valence-corrected chi connectivity index (χ3v) is 7.32. The summed E-state index contributed by atoms with van der Waals surface area (Å²) in [6, 6.07) is 12.8. The molecule has 4 nitrogen and oxygen atoms in total. The van der Waals surface area contributed by atoms with Gasteiger partial charge in [-0.25, -0.2) is 0 Å². The van der Waals surface area contributed by atoms with Crippen LogP contribution in [0.2, 0.25) is 0 Å². The maximum atomic E-state index is 12.8. The molecule has 0 bridgehead atoms. The van der Waals surface area contributed by atoms with Crippen molar-refractivity contribution in [3.8, 4) is 16.9 Å². The van der Waals surface area contributed by atoms with Crippen molar-refractivity contribution in [2.45, 2.75) is 38.0 Å². The quantitative estimate of drug-likeness (QED) is 0.448. The van der Waals surface area contributed by atoms with Gasteiger partial charge in [0.25, 0.3) is 5.56 Å². The molecule has 5 heteroatoms. The predicted octanol–water partition coefficient (Wildman–Crippen LogP) is 5.53. The maximum absolute atomic E-state index is 12.8. The number of pyridine rings is 1. The van der Waals surface area contributed by atoms with Crippen LogP contribution in [-0.2, 0) is 5.41 Å². The molecule has 154 valence electrons. The number of methoxy groups -OCH3 is 1. The summed E-state index contributed by atoms with van der Waals surface area (Å²) in [6.07, 6.45) is 2.31. The summed E-state index contributed by atoms with van der Waals surface area (Å²) in [5.74, 6) is 1.35. The Morgan fingerprint density at radius 3 is 2.57 bits per heavy atom. The number of hydrogen-bond donors (Lipinski definition) is 2. The number of rotatable bonds is 5. The van der Waals surface area contributed by atoms with Crippen LogP contribution in [0.15, 0.2) is 46.6 Å². The topological polar surface area (TPSA) is 68.1 Å². The van der Waals surface area contributed by atoms with E-state index in [4.69, 9.17) is 10.5 Å². The standard InChI is InChI=1S/C25H26N2O2S/c1-25(2,13-26)16-8-6-15(7-9-16)20-19(29-3)12-18(14-4-5-14)22-21(20)17-10-11-30-23(17)24(28)27-22/h6-12,14H,4-5,13,26H2,1-3H3,(H,27,28). The normalized spacial score (nSPS) is 14.5. The number of benzene rings is 2. The molecule has 1 saturated carbocycles. The fourth-order valence-electron chi connectivity index (χ4n) is 4.30. The third kappa shape index (κ3) is 2.96. The second-order valence-electron chi connectivity index (χ2n) is 8.85. The highest BCUT2D eigenvalue weighted by Crippen LogP contribution is 2.49. The van der Waals surface area contributed by atoms with Crippen molar-refractivity contribution in [3.63, 3.8) is 0 Å². The Hall–Kier alpha value is -2.63. The lowest BCUT2D eigenvalue weighted by molar-refractivity contribution is 0.416. The van der Waals surface area contributed by atoms with Gasteiger partial charge in [0.15, 0.2) is 0 Å². The van der Waals surface area contributed by atoms with Crippen molar-refractivity contribution in [3.05, 3.63) is 63.3 Å². The monoisotopic (exact) mass is 418 g/mol.